The van der Waals surface area contributed by atoms with Crippen LogP contribution in [-0.4, -0.2) is 54.8 Å². The van der Waals surface area contributed by atoms with Crippen molar-refractivity contribution in [2.45, 2.75) is 70.1 Å². The first-order valence-corrected chi connectivity index (χ1v) is 11.8. The first-order valence-electron chi connectivity index (χ1n) is 11.0. The SMILES string of the molecule is CC(=O)N[C@@H](C)COC1CCC(Oc2ccc3nc(N4CCC(F)(F)C4)sc3c2F)CC1. The molecule has 2 heterocycles. The molecule has 6 nitrogen and oxygen atoms in total. The molecule has 2 aliphatic rings. The summed E-state index contributed by atoms with van der Waals surface area (Å²) in [6.45, 7) is 3.67. The second-order valence-corrected chi connectivity index (χ2v) is 9.68. The fourth-order valence-electron chi connectivity index (χ4n) is 4.22. The Bertz CT molecular complexity index is 963. The number of nitrogens with zero attached hydrogens (tertiary/aromatic N) is 2. The number of carbonyl (C=O) groups is 1. The van der Waals surface area contributed by atoms with E-state index in [0.29, 0.717) is 22.0 Å². The van der Waals surface area contributed by atoms with E-state index >= 15 is 4.39 Å². The van der Waals surface area contributed by atoms with Crippen LogP contribution < -0.4 is 15.0 Å². The zero-order chi connectivity index (χ0) is 22.9. The van der Waals surface area contributed by atoms with Crippen LogP contribution in [0.2, 0.25) is 0 Å². The number of anilines is 1. The largest absolute Gasteiger partial charge is 0.487 e. The molecular formula is C22H28F3N3O3S. The Morgan fingerprint density at radius 2 is 2.03 bits per heavy atom. The third-order valence-corrected chi connectivity index (χ3v) is 6.96. The van der Waals surface area contributed by atoms with Gasteiger partial charge in [-0.1, -0.05) is 11.3 Å². The molecule has 1 aromatic carbocycles. The molecule has 1 aliphatic heterocycles. The molecule has 0 bridgehead atoms. The number of nitrogens with one attached hydrogen (secondary N) is 1. The summed E-state index contributed by atoms with van der Waals surface area (Å²) in [6, 6.07) is 3.20. The summed E-state index contributed by atoms with van der Waals surface area (Å²) in [6.07, 6.45) is 2.86. The predicted octanol–water partition coefficient (Wildman–Crippen LogP) is 4.51. The van der Waals surface area contributed by atoms with Gasteiger partial charge in [-0.15, -0.1) is 0 Å². The molecule has 1 aliphatic carbocycles. The molecule has 1 amide bonds. The number of alkyl halides is 2. The maximum atomic E-state index is 15.1. The highest BCUT2D eigenvalue weighted by molar-refractivity contribution is 7.22. The Morgan fingerprint density at radius 3 is 2.69 bits per heavy atom. The smallest absolute Gasteiger partial charge is 0.267 e. The van der Waals surface area contributed by atoms with E-state index < -0.39 is 11.7 Å². The number of rotatable bonds is 7. The number of amides is 1. The van der Waals surface area contributed by atoms with Crippen LogP contribution >= 0.6 is 11.3 Å². The zero-order valence-corrected chi connectivity index (χ0v) is 19.0. The summed E-state index contributed by atoms with van der Waals surface area (Å²) >= 11 is 1.09. The Kier molecular flexibility index (Phi) is 6.80. The molecule has 1 aromatic heterocycles. The lowest BCUT2D eigenvalue weighted by atomic mass is 9.95. The molecule has 176 valence electrons. The van der Waals surface area contributed by atoms with Crippen LogP contribution in [0.3, 0.4) is 0 Å². The maximum absolute atomic E-state index is 15.1. The van der Waals surface area contributed by atoms with E-state index in [4.69, 9.17) is 9.47 Å². The molecule has 1 saturated carbocycles. The maximum Gasteiger partial charge on any atom is 0.267 e. The average molecular weight is 472 g/mol. The lowest BCUT2D eigenvalue weighted by Crippen LogP contribution is -2.36. The minimum atomic E-state index is -2.73. The van der Waals surface area contributed by atoms with E-state index in [2.05, 4.69) is 10.3 Å². The van der Waals surface area contributed by atoms with Crippen LogP contribution in [0, 0.1) is 5.82 Å². The fourth-order valence-corrected chi connectivity index (χ4v) is 5.24. The summed E-state index contributed by atoms with van der Waals surface area (Å²) in [4.78, 5) is 16.9. The molecule has 0 unspecified atom stereocenters. The molecule has 2 aromatic rings. The van der Waals surface area contributed by atoms with Gasteiger partial charge in [0.05, 0.1) is 35.6 Å². The van der Waals surface area contributed by atoms with Crippen LogP contribution in [0.25, 0.3) is 10.2 Å². The van der Waals surface area contributed by atoms with Crippen molar-refractivity contribution in [2.75, 3.05) is 24.6 Å². The van der Waals surface area contributed by atoms with Crippen molar-refractivity contribution in [1.82, 2.24) is 10.3 Å². The fraction of sp³-hybridized carbons (Fsp3) is 0.636. The number of aromatic nitrogens is 1. The van der Waals surface area contributed by atoms with Crippen molar-refractivity contribution < 1.29 is 27.4 Å². The summed E-state index contributed by atoms with van der Waals surface area (Å²) in [5, 5.41) is 3.21. The van der Waals surface area contributed by atoms with Gasteiger partial charge in [-0.25, -0.2) is 18.2 Å². The van der Waals surface area contributed by atoms with Gasteiger partial charge in [-0.3, -0.25) is 4.79 Å². The van der Waals surface area contributed by atoms with Crippen molar-refractivity contribution >= 4 is 32.6 Å². The van der Waals surface area contributed by atoms with Gasteiger partial charge in [-0.2, -0.15) is 0 Å². The molecule has 2 fully saturated rings. The highest BCUT2D eigenvalue weighted by atomic mass is 32.1. The van der Waals surface area contributed by atoms with Crippen molar-refractivity contribution in [1.29, 1.82) is 0 Å². The van der Waals surface area contributed by atoms with Gasteiger partial charge in [0.1, 0.15) is 0 Å². The van der Waals surface area contributed by atoms with Gasteiger partial charge >= 0.3 is 0 Å². The Morgan fingerprint density at radius 1 is 1.31 bits per heavy atom. The highest BCUT2D eigenvalue weighted by Crippen LogP contribution is 2.39. The lowest BCUT2D eigenvalue weighted by molar-refractivity contribution is -0.120. The third kappa shape index (κ3) is 5.46. The molecule has 0 spiro atoms. The molecule has 10 heteroatoms. The highest BCUT2D eigenvalue weighted by Gasteiger charge is 2.39. The molecule has 1 N–H and O–H groups in total. The number of carbonyl (C=O) groups excluding carboxylic acids is 1. The predicted molar refractivity (Wildman–Crippen MR) is 117 cm³/mol. The van der Waals surface area contributed by atoms with Crippen molar-refractivity contribution in [2.24, 2.45) is 0 Å². The number of benzene rings is 1. The summed E-state index contributed by atoms with van der Waals surface area (Å²) in [5.74, 6) is -3.12. The topological polar surface area (TPSA) is 63.7 Å². The summed E-state index contributed by atoms with van der Waals surface area (Å²) < 4.78 is 54.3. The first kappa shape index (κ1) is 23.1. The zero-order valence-electron chi connectivity index (χ0n) is 18.2. The van der Waals surface area contributed by atoms with Gasteiger partial charge in [0.25, 0.3) is 5.92 Å². The molecule has 4 rings (SSSR count). The molecule has 1 saturated heterocycles. The quantitative estimate of drug-likeness (QED) is 0.644. The van der Waals surface area contributed by atoms with E-state index in [1.807, 2.05) is 6.92 Å². The molecule has 1 atom stereocenters. The van der Waals surface area contributed by atoms with Crippen molar-refractivity contribution in [3.63, 3.8) is 0 Å². The van der Waals surface area contributed by atoms with Gasteiger partial charge in [0.15, 0.2) is 16.7 Å². The number of hydrogen-bond donors (Lipinski definition) is 1. The Hall–Kier alpha value is -2.07. The minimum absolute atomic E-state index is 0.0432. The van der Waals surface area contributed by atoms with E-state index in [1.54, 1.807) is 12.1 Å². The summed E-state index contributed by atoms with van der Waals surface area (Å²) in [5.41, 5.74) is 0.454. The summed E-state index contributed by atoms with van der Waals surface area (Å²) in [7, 11) is 0. The van der Waals surface area contributed by atoms with E-state index in [0.717, 1.165) is 37.0 Å². The van der Waals surface area contributed by atoms with Crippen LogP contribution in [0.1, 0.15) is 46.0 Å². The monoisotopic (exact) mass is 471 g/mol. The van der Waals surface area contributed by atoms with Crippen LogP contribution in [0.4, 0.5) is 18.3 Å². The van der Waals surface area contributed by atoms with Crippen molar-refractivity contribution in [3.05, 3.63) is 17.9 Å². The first-order chi connectivity index (χ1) is 15.2. The number of hydrogen-bond acceptors (Lipinski definition) is 6. The standard InChI is InChI=1S/C22H28F3N3O3S/c1-13(26-14(2)29)11-30-15-3-5-16(6-4-15)31-18-8-7-17-20(19(18)23)32-21(27-17)28-10-9-22(24,25)12-28/h7-8,13,15-16H,3-6,9-12H2,1-2H3,(H,26,29)/t13-,15?,16?/m0/s1. The molecule has 32 heavy (non-hydrogen) atoms. The van der Waals surface area contributed by atoms with Crippen LogP contribution in [-0.2, 0) is 9.53 Å². The van der Waals surface area contributed by atoms with E-state index in [-0.39, 0.29) is 49.4 Å². The second-order valence-electron chi connectivity index (χ2n) is 8.70. The van der Waals surface area contributed by atoms with E-state index in [1.165, 1.54) is 11.8 Å². The minimum Gasteiger partial charge on any atom is -0.487 e. The molecule has 0 radical (unpaired) electrons. The lowest BCUT2D eigenvalue weighted by Gasteiger charge is -2.30. The van der Waals surface area contributed by atoms with E-state index in [9.17, 15) is 13.6 Å². The number of fused-ring (bicyclic) bond motifs is 1. The Balaban J connectivity index is 1.33. The van der Waals surface area contributed by atoms with Gasteiger partial charge in [0, 0.05) is 25.9 Å². The van der Waals surface area contributed by atoms with Crippen molar-refractivity contribution in [3.8, 4) is 5.75 Å². The third-order valence-electron chi connectivity index (χ3n) is 5.84. The van der Waals surface area contributed by atoms with Gasteiger partial charge in [0.2, 0.25) is 5.91 Å². The number of halogens is 3. The number of ether oxygens (including phenoxy) is 2. The average Bonchev–Trinajstić information content (AvgIpc) is 3.32. The van der Waals surface area contributed by atoms with Crippen LogP contribution in [0.5, 0.6) is 5.75 Å². The van der Waals surface area contributed by atoms with Crippen LogP contribution in [0.15, 0.2) is 12.1 Å². The normalized spacial score (nSPS) is 24.0. The second kappa shape index (κ2) is 9.43. The molecular weight excluding hydrogens is 443 g/mol. The number of thiazole rings is 1. The Labute approximate surface area is 189 Å². The van der Waals surface area contributed by atoms with Gasteiger partial charge < -0.3 is 19.7 Å². The van der Waals surface area contributed by atoms with Gasteiger partial charge in [-0.05, 0) is 44.7 Å².